The minimum absolute atomic E-state index is 0.0813. The van der Waals surface area contributed by atoms with Crippen molar-refractivity contribution in [2.75, 3.05) is 23.9 Å². The molecule has 0 bridgehead atoms. The zero-order valence-electron chi connectivity index (χ0n) is 13.8. The monoisotopic (exact) mass is 346 g/mol. The molecule has 0 aliphatic carbocycles. The summed E-state index contributed by atoms with van der Waals surface area (Å²) < 4.78 is 5.07. The van der Waals surface area contributed by atoms with Crippen molar-refractivity contribution in [3.05, 3.63) is 53.1 Å². The van der Waals surface area contributed by atoms with E-state index in [9.17, 15) is 9.59 Å². The van der Waals surface area contributed by atoms with E-state index in [1.54, 1.807) is 18.2 Å². The number of halogens is 1. The van der Waals surface area contributed by atoms with Crippen LogP contribution in [0.4, 0.5) is 11.4 Å². The Morgan fingerprint density at radius 1 is 1.17 bits per heavy atom. The van der Waals surface area contributed by atoms with Gasteiger partial charge in [-0.15, -0.1) is 0 Å². The second-order valence-corrected chi connectivity index (χ2v) is 5.75. The number of amides is 2. The van der Waals surface area contributed by atoms with Crippen LogP contribution in [0.2, 0.25) is 5.02 Å². The Morgan fingerprint density at radius 2 is 1.83 bits per heavy atom. The molecule has 2 amide bonds. The first-order valence-corrected chi connectivity index (χ1v) is 7.76. The lowest BCUT2D eigenvalue weighted by molar-refractivity contribution is -0.120. The second kappa shape index (κ2) is 7.84. The Kier molecular flexibility index (Phi) is 5.82. The molecule has 2 rings (SSSR count). The number of nitrogens with zero attached hydrogens (tertiary/aromatic N) is 1. The van der Waals surface area contributed by atoms with E-state index in [1.165, 1.54) is 18.9 Å². The van der Waals surface area contributed by atoms with Crippen molar-refractivity contribution in [2.45, 2.75) is 13.8 Å². The number of aryl methyl sites for hydroxylation is 1. The molecule has 6 heteroatoms. The Hall–Kier alpha value is -2.53. The maximum atomic E-state index is 12.3. The molecule has 126 valence electrons. The van der Waals surface area contributed by atoms with Gasteiger partial charge in [0.2, 0.25) is 11.8 Å². The first kappa shape index (κ1) is 17.8. The number of ether oxygens (including phenoxy) is 1. The van der Waals surface area contributed by atoms with Crippen LogP contribution < -0.4 is 15.0 Å². The van der Waals surface area contributed by atoms with E-state index in [4.69, 9.17) is 16.3 Å². The molecule has 0 aliphatic heterocycles. The highest BCUT2D eigenvalue weighted by Crippen LogP contribution is 2.27. The molecule has 0 saturated carbocycles. The van der Waals surface area contributed by atoms with Crippen molar-refractivity contribution in [1.82, 2.24) is 0 Å². The molecule has 0 radical (unpaired) electrons. The second-order valence-electron chi connectivity index (χ2n) is 5.34. The topological polar surface area (TPSA) is 58.6 Å². The van der Waals surface area contributed by atoms with Gasteiger partial charge in [-0.3, -0.25) is 9.59 Å². The average molecular weight is 347 g/mol. The molecule has 0 saturated heterocycles. The standard InChI is InChI=1S/C18H19ClN2O3/c1-12-4-7-15(8-5-12)21(13(2)22)11-18(23)20-14-6-9-17(24-3)16(19)10-14/h4-10H,11H2,1-3H3,(H,20,23). The SMILES string of the molecule is COc1ccc(NC(=O)CN(C(C)=O)c2ccc(C)cc2)cc1Cl. The summed E-state index contributed by atoms with van der Waals surface area (Å²) >= 11 is 6.04. The zero-order valence-corrected chi connectivity index (χ0v) is 14.6. The number of nitrogens with one attached hydrogen (secondary N) is 1. The number of methoxy groups -OCH3 is 1. The predicted molar refractivity (Wildman–Crippen MR) is 95.8 cm³/mol. The van der Waals surface area contributed by atoms with E-state index in [0.717, 1.165) is 5.56 Å². The van der Waals surface area contributed by atoms with Gasteiger partial charge in [0.15, 0.2) is 0 Å². The summed E-state index contributed by atoms with van der Waals surface area (Å²) in [7, 11) is 1.52. The lowest BCUT2D eigenvalue weighted by atomic mass is 10.2. The average Bonchev–Trinajstić information content (AvgIpc) is 2.53. The molecule has 2 aromatic rings. The summed E-state index contributed by atoms with van der Waals surface area (Å²) in [5.41, 5.74) is 2.30. The van der Waals surface area contributed by atoms with Crippen molar-refractivity contribution >= 4 is 34.8 Å². The predicted octanol–water partition coefficient (Wildman–Crippen LogP) is 3.65. The van der Waals surface area contributed by atoms with Crippen molar-refractivity contribution < 1.29 is 14.3 Å². The van der Waals surface area contributed by atoms with Crippen LogP contribution in [0.1, 0.15) is 12.5 Å². The van der Waals surface area contributed by atoms with Gasteiger partial charge in [0, 0.05) is 18.3 Å². The molecular formula is C18H19ClN2O3. The quantitative estimate of drug-likeness (QED) is 0.899. The summed E-state index contributed by atoms with van der Waals surface area (Å²) in [5, 5.41) is 3.13. The van der Waals surface area contributed by atoms with Crippen molar-refractivity contribution in [2.24, 2.45) is 0 Å². The van der Waals surface area contributed by atoms with Crippen LogP contribution in [0.3, 0.4) is 0 Å². The molecule has 0 fully saturated rings. The van der Waals surface area contributed by atoms with Crippen molar-refractivity contribution in [3.8, 4) is 5.75 Å². The van der Waals surface area contributed by atoms with Gasteiger partial charge < -0.3 is 15.0 Å². The van der Waals surface area contributed by atoms with Crippen LogP contribution in [0.15, 0.2) is 42.5 Å². The molecule has 0 aromatic heterocycles. The first-order valence-electron chi connectivity index (χ1n) is 7.39. The number of hydrogen-bond donors (Lipinski definition) is 1. The summed E-state index contributed by atoms with van der Waals surface area (Å²) in [6.07, 6.45) is 0. The van der Waals surface area contributed by atoms with Crippen LogP contribution in [0.5, 0.6) is 5.75 Å². The van der Waals surface area contributed by atoms with E-state index in [1.807, 2.05) is 31.2 Å². The summed E-state index contributed by atoms with van der Waals surface area (Å²) in [6, 6.07) is 12.4. The van der Waals surface area contributed by atoms with Crippen LogP contribution in [0, 0.1) is 6.92 Å². The van der Waals surface area contributed by atoms with Crippen LogP contribution >= 0.6 is 11.6 Å². The lowest BCUT2D eigenvalue weighted by Crippen LogP contribution is -2.36. The van der Waals surface area contributed by atoms with Gasteiger partial charge >= 0.3 is 0 Å². The van der Waals surface area contributed by atoms with Gasteiger partial charge in [-0.1, -0.05) is 29.3 Å². The highest BCUT2D eigenvalue weighted by Gasteiger charge is 2.16. The first-order chi connectivity index (χ1) is 11.4. The molecule has 24 heavy (non-hydrogen) atoms. The fraction of sp³-hybridized carbons (Fsp3) is 0.222. The largest absolute Gasteiger partial charge is 0.495 e. The highest BCUT2D eigenvalue weighted by molar-refractivity contribution is 6.32. The number of benzene rings is 2. The van der Waals surface area contributed by atoms with Gasteiger partial charge in [-0.05, 0) is 37.3 Å². The number of anilines is 2. The Balaban J connectivity index is 2.09. The summed E-state index contributed by atoms with van der Waals surface area (Å²) in [5.74, 6) is 0.00783. The zero-order chi connectivity index (χ0) is 17.7. The Bertz CT molecular complexity index is 744. The van der Waals surface area contributed by atoms with Crippen LogP contribution in [0.25, 0.3) is 0 Å². The minimum Gasteiger partial charge on any atom is -0.495 e. The molecule has 0 atom stereocenters. The van der Waals surface area contributed by atoms with Gasteiger partial charge in [0.05, 0.1) is 12.1 Å². The van der Waals surface area contributed by atoms with E-state index < -0.39 is 0 Å². The Labute approximate surface area is 146 Å². The molecule has 0 unspecified atom stereocenters. The fourth-order valence-electron chi connectivity index (χ4n) is 2.20. The molecule has 1 N–H and O–H groups in total. The van der Waals surface area contributed by atoms with Gasteiger partial charge in [0.25, 0.3) is 0 Å². The molecule has 0 aliphatic rings. The van der Waals surface area contributed by atoms with Gasteiger partial charge in [-0.25, -0.2) is 0 Å². The maximum Gasteiger partial charge on any atom is 0.244 e. The smallest absolute Gasteiger partial charge is 0.244 e. The third-order valence-corrected chi connectivity index (χ3v) is 3.76. The van der Waals surface area contributed by atoms with Gasteiger partial charge in [0.1, 0.15) is 12.3 Å². The lowest BCUT2D eigenvalue weighted by Gasteiger charge is -2.21. The van der Waals surface area contributed by atoms with Crippen molar-refractivity contribution in [1.29, 1.82) is 0 Å². The number of hydrogen-bond acceptors (Lipinski definition) is 3. The molecule has 0 spiro atoms. The van der Waals surface area contributed by atoms with E-state index >= 15 is 0 Å². The fourth-order valence-corrected chi connectivity index (χ4v) is 2.46. The molecular weight excluding hydrogens is 328 g/mol. The molecule has 0 heterocycles. The van der Waals surface area contributed by atoms with E-state index in [2.05, 4.69) is 5.32 Å². The minimum atomic E-state index is -0.313. The Morgan fingerprint density at radius 3 is 2.38 bits per heavy atom. The third-order valence-electron chi connectivity index (χ3n) is 3.46. The number of carbonyl (C=O) groups excluding carboxylic acids is 2. The summed E-state index contributed by atoms with van der Waals surface area (Å²) in [6.45, 7) is 3.31. The highest BCUT2D eigenvalue weighted by atomic mass is 35.5. The number of rotatable bonds is 5. The van der Waals surface area contributed by atoms with E-state index in [0.29, 0.717) is 22.1 Å². The maximum absolute atomic E-state index is 12.3. The molecule has 5 nitrogen and oxygen atoms in total. The third kappa shape index (κ3) is 4.49. The van der Waals surface area contributed by atoms with E-state index in [-0.39, 0.29) is 18.4 Å². The van der Waals surface area contributed by atoms with Crippen molar-refractivity contribution in [3.63, 3.8) is 0 Å². The van der Waals surface area contributed by atoms with Crippen LogP contribution in [-0.4, -0.2) is 25.5 Å². The van der Waals surface area contributed by atoms with Crippen LogP contribution in [-0.2, 0) is 9.59 Å². The molecule has 2 aromatic carbocycles. The number of carbonyl (C=O) groups is 2. The summed E-state index contributed by atoms with van der Waals surface area (Å²) in [4.78, 5) is 25.5. The van der Waals surface area contributed by atoms with Gasteiger partial charge in [-0.2, -0.15) is 0 Å². The normalized spacial score (nSPS) is 10.2.